The largest absolute Gasteiger partial charge is 0.496 e. The Balaban J connectivity index is 2.31. The van der Waals surface area contributed by atoms with E-state index in [-0.39, 0.29) is 10.7 Å². The van der Waals surface area contributed by atoms with Crippen molar-refractivity contribution in [1.82, 2.24) is 10.2 Å². The number of H-pyrrole nitrogens is 1. The van der Waals surface area contributed by atoms with Gasteiger partial charge < -0.3 is 10.5 Å². The number of nitrogens with one attached hydrogen (secondary N) is 2. The number of benzene rings is 1. The van der Waals surface area contributed by atoms with Gasteiger partial charge in [0.15, 0.2) is 0 Å². The highest BCUT2D eigenvalue weighted by Crippen LogP contribution is 2.29. The summed E-state index contributed by atoms with van der Waals surface area (Å²) in [5, 5.41) is 5.95. The van der Waals surface area contributed by atoms with Crippen LogP contribution < -0.4 is 15.2 Å². The highest BCUT2D eigenvalue weighted by molar-refractivity contribution is 9.10. The molecule has 102 valence electrons. The van der Waals surface area contributed by atoms with Crippen molar-refractivity contribution < 1.29 is 13.2 Å². The van der Waals surface area contributed by atoms with Crippen LogP contribution in [0.2, 0.25) is 0 Å². The number of nitrogens with zero attached hydrogens (tertiary/aromatic N) is 1. The maximum absolute atomic E-state index is 12.1. The highest BCUT2D eigenvalue weighted by Gasteiger charge is 2.19. The second-order valence-corrected chi connectivity index (χ2v) is 6.11. The fourth-order valence-electron chi connectivity index (χ4n) is 1.44. The molecule has 1 heterocycles. The zero-order valence-corrected chi connectivity index (χ0v) is 12.2. The van der Waals surface area contributed by atoms with E-state index in [1.54, 1.807) is 18.2 Å². The SMILES string of the molecule is COc1ccc(NS(=O)(=O)c2cn[nH]c2N)cc1Br. The molecule has 0 aliphatic carbocycles. The predicted molar refractivity (Wildman–Crippen MR) is 74.5 cm³/mol. The lowest BCUT2D eigenvalue weighted by Crippen LogP contribution is -2.13. The number of methoxy groups -OCH3 is 1. The quantitative estimate of drug-likeness (QED) is 0.778. The topological polar surface area (TPSA) is 110 Å². The molecule has 7 nitrogen and oxygen atoms in total. The summed E-state index contributed by atoms with van der Waals surface area (Å²) in [6.45, 7) is 0. The maximum Gasteiger partial charge on any atom is 0.267 e. The standard InChI is InChI=1S/C10H11BrN4O3S/c1-18-8-3-2-6(4-7(8)11)15-19(16,17)9-5-13-14-10(9)12/h2-5,15H,1H3,(H3,12,13,14). The molecule has 0 atom stereocenters. The minimum Gasteiger partial charge on any atom is -0.496 e. The molecule has 0 fully saturated rings. The van der Waals surface area contributed by atoms with Gasteiger partial charge in [-0.1, -0.05) is 0 Å². The van der Waals surface area contributed by atoms with Gasteiger partial charge in [-0.25, -0.2) is 8.42 Å². The van der Waals surface area contributed by atoms with Crippen LogP contribution in [0, 0.1) is 0 Å². The molecule has 0 bridgehead atoms. The zero-order chi connectivity index (χ0) is 14.0. The Morgan fingerprint density at radius 3 is 2.74 bits per heavy atom. The van der Waals surface area contributed by atoms with Crippen LogP contribution in [0.5, 0.6) is 5.75 Å². The predicted octanol–water partition coefficient (Wildman–Crippen LogP) is 1.56. The van der Waals surface area contributed by atoms with Crippen molar-refractivity contribution in [1.29, 1.82) is 0 Å². The minimum atomic E-state index is -3.77. The first-order valence-electron chi connectivity index (χ1n) is 5.09. The number of hydrogen-bond acceptors (Lipinski definition) is 5. The molecule has 4 N–H and O–H groups in total. The first-order valence-corrected chi connectivity index (χ1v) is 7.37. The number of nitrogens with two attached hydrogens (primary N) is 1. The van der Waals surface area contributed by atoms with Crippen LogP contribution in [-0.4, -0.2) is 25.7 Å². The van der Waals surface area contributed by atoms with Crippen molar-refractivity contribution in [3.63, 3.8) is 0 Å². The number of ether oxygens (including phenoxy) is 1. The third-order valence-electron chi connectivity index (χ3n) is 2.33. The van der Waals surface area contributed by atoms with Gasteiger partial charge >= 0.3 is 0 Å². The number of nitrogen functional groups attached to an aromatic ring is 1. The van der Waals surface area contributed by atoms with E-state index in [2.05, 4.69) is 30.8 Å². The summed E-state index contributed by atoms with van der Waals surface area (Å²) in [4.78, 5) is -0.0977. The smallest absolute Gasteiger partial charge is 0.267 e. The molecule has 9 heteroatoms. The van der Waals surface area contributed by atoms with Gasteiger partial charge in [-0.3, -0.25) is 9.82 Å². The van der Waals surface area contributed by atoms with Crippen LogP contribution in [0.15, 0.2) is 33.8 Å². The van der Waals surface area contributed by atoms with Gasteiger partial charge in [0, 0.05) is 0 Å². The number of hydrogen-bond donors (Lipinski definition) is 3. The number of halogens is 1. The number of aromatic nitrogens is 2. The Bertz CT molecular complexity index is 699. The lowest BCUT2D eigenvalue weighted by atomic mass is 10.3. The molecule has 1 aromatic carbocycles. The van der Waals surface area contributed by atoms with Crippen molar-refractivity contribution in [3.05, 3.63) is 28.9 Å². The molecular weight excluding hydrogens is 336 g/mol. The molecule has 19 heavy (non-hydrogen) atoms. The fourth-order valence-corrected chi connectivity index (χ4v) is 3.05. The van der Waals surface area contributed by atoms with Crippen molar-refractivity contribution in [2.45, 2.75) is 4.90 Å². The molecule has 2 aromatic rings. The molecule has 1 aromatic heterocycles. The lowest BCUT2D eigenvalue weighted by Gasteiger charge is -2.09. The van der Waals surface area contributed by atoms with Crippen LogP contribution in [0.4, 0.5) is 11.5 Å². The molecular formula is C10H11BrN4O3S. The van der Waals surface area contributed by atoms with Crippen LogP contribution >= 0.6 is 15.9 Å². The molecule has 0 radical (unpaired) electrons. The van der Waals surface area contributed by atoms with Crippen LogP contribution in [0.25, 0.3) is 0 Å². The molecule has 0 aliphatic rings. The van der Waals surface area contributed by atoms with Crippen LogP contribution in [-0.2, 0) is 10.0 Å². The first kappa shape index (κ1) is 13.7. The Kier molecular flexibility index (Phi) is 3.67. The summed E-state index contributed by atoms with van der Waals surface area (Å²) in [5.74, 6) is 0.589. The van der Waals surface area contributed by atoms with E-state index in [9.17, 15) is 8.42 Å². The van der Waals surface area contributed by atoms with E-state index in [4.69, 9.17) is 10.5 Å². The van der Waals surface area contributed by atoms with Gasteiger partial charge in [0.05, 0.1) is 23.5 Å². The second kappa shape index (κ2) is 5.10. The van der Waals surface area contributed by atoms with E-state index in [1.165, 1.54) is 7.11 Å². The van der Waals surface area contributed by atoms with Gasteiger partial charge in [0.25, 0.3) is 10.0 Å². The van der Waals surface area contributed by atoms with Gasteiger partial charge in [-0.05, 0) is 34.1 Å². The third-order valence-corrected chi connectivity index (χ3v) is 4.35. The van der Waals surface area contributed by atoms with E-state index >= 15 is 0 Å². The van der Waals surface area contributed by atoms with Gasteiger partial charge in [-0.15, -0.1) is 0 Å². The molecule has 0 saturated carbocycles. The normalized spacial score (nSPS) is 11.3. The monoisotopic (exact) mass is 346 g/mol. The van der Waals surface area contributed by atoms with E-state index in [1.807, 2.05) is 0 Å². The molecule has 2 rings (SSSR count). The lowest BCUT2D eigenvalue weighted by molar-refractivity contribution is 0.412. The third kappa shape index (κ3) is 2.82. The van der Waals surface area contributed by atoms with E-state index < -0.39 is 10.0 Å². The maximum atomic E-state index is 12.1. The Hall–Kier alpha value is -1.74. The average molecular weight is 347 g/mol. The highest BCUT2D eigenvalue weighted by atomic mass is 79.9. The number of rotatable bonds is 4. The Morgan fingerprint density at radius 1 is 1.47 bits per heavy atom. The summed E-state index contributed by atoms with van der Waals surface area (Å²) in [6.07, 6.45) is 1.15. The second-order valence-electron chi connectivity index (χ2n) is 3.60. The molecule has 0 unspecified atom stereocenters. The number of sulfonamides is 1. The van der Waals surface area contributed by atoms with Gasteiger partial charge in [-0.2, -0.15) is 5.10 Å². The molecule has 0 aliphatic heterocycles. The van der Waals surface area contributed by atoms with E-state index in [0.717, 1.165) is 6.20 Å². The fraction of sp³-hybridized carbons (Fsp3) is 0.100. The number of aromatic amines is 1. The van der Waals surface area contributed by atoms with Crippen molar-refractivity contribution >= 4 is 37.5 Å². The molecule has 0 spiro atoms. The Labute approximate surface area is 118 Å². The van der Waals surface area contributed by atoms with Gasteiger partial charge in [0.1, 0.15) is 16.5 Å². The zero-order valence-electron chi connectivity index (χ0n) is 9.84. The van der Waals surface area contributed by atoms with Crippen molar-refractivity contribution in [2.75, 3.05) is 17.6 Å². The summed E-state index contributed by atoms with van der Waals surface area (Å²) in [6, 6.07) is 4.81. The van der Waals surface area contributed by atoms with Crippen LogP contribution in [0.3, 0.4) is 0 Å². The van der Waals surface area contributed by atoms with Crippen molar-refractivity contribution in [3.8, 4) is 5.75 Å². The Morgan fingerprint density at radius 2 is 2.21 bits per heavy atom. The molecule has 0 saturated heterocycles. The minimum absolute atomic E-state index is 0.0138. The summed E-state index contributed by atoms with van der Waals surface area (Å²) in [7, 11) is -2.24. The van der Waals surface area contributed by atoms with Crippen molar-refractivity contribution in [2.24, 2.45) is 0 Å². The summed E-state index contributed by atoms with van der Waals surface area (Å²) >= 11 is 3.28. The number of anilines is 2. The van der Waals surface area contributed by atoms with Crippen LogP contribution in [0.1, 0.15) is 0 Å². The van der Waals surface area contributed by atoms with Gasteiger partial charge in [0.2, 0.25) is 0 Å². The summed E-state index contributed by atoms with van der Waals surface area (Å²) < 4.78 is 32.2. The average Bonchev–Trinajstić information content (AvgIpc) is 2.76. The summed E-state index contributed by atoms with van der Waals surface area (Å²) in [5.41, 5.74) is 5.87. The molecule has 0 amide bonds. The first-order chi connectivity index (χ1) is 8.94. The van der Waals surface area contributed by atoms with E-state index in [0.29, 0.717) is 15.9 Å².